The maximum Gasteiger partial charge on any atom is 0.355 e. The Morgan fingerprint density at radius 2 is 1.75 bits per heavy atom. The van der Waals surface area contributed by atoms with Crippen molar-refractivity contribution in [2.45, 2.75) is 19.0 Å². The van der Waals surface area contributed by atoms with E-state index in [4.69, 9.17) is 11.6 Å². The van der Waals surface area contributed by atoms with Gasteiger partial charge in [0.15, 0.2) is 0 Å². The zero-order valence-electron chi connectivity index (χ0n) is 17.9. The SMILES string of the molecule is COC(=O)/C(N)=C/N(N)C[C@@H]1Cc2ccccc2CN1C(=O)c1cccc2ccccc12. The first-order chi connectivity index (χ1) is 15.5. The van der Waals surface area contributed by atoms with Gasteiger partial charge in [0.1, 0.15) is 5.70 Å². The molecule has 4 rings (SSSR count). The average molecular weight is 431 g/mol. The van der Waals surface area contributed by atoms with Crippen molar-refractivity contribution in [3.8, 4) is 0 Å². The van der Waals surface area contributed by atoms with Crippen molar-refractivity contribution in [1.82, 2.24) is 9.91 Å². The van der Waals surface area contributed by atoms with Crippen LogP contribution in [0.4, 0.5) is 0 Å². The van der Waals surface area contributed by atoms with Crippen molar-refractivity contribution in [3.05, 3.63) is 95.3 Å². The van der Waals surface area contributed by atoms with Gasteiger partial charge in [0.2, 0.25) is 0 Å². The number of hydrogen-bond acceptors (Lipinski definition) is 6. The largest absolute Gasteiger partial charge is 0.464 e. The standard InChI is InChI=1S/C25H26N4O3/c1-32-25(31)23(26)16-28(27)15-20-13-18-8-2-3-9-19(18)14-29(20)24(30)22-12-6-10-17-7-4-5-11-21(17)22/h2-12,16,20H,13-15,26-27H2,1H3/b23-16-/t20-/m0/s1. The fourth-order valence-electron chi connectivity index (χ4n) is 4.20. The number of nitrogens with zero attached hydrogens (tertiary/aromatic N) is 2. The van der Waals surface area contributed by atoms with Crippen molar-refractivity contribution < 1.29 is 14.3 Å². The van der Waals surface area contributed by atoms with Crippen molar-refractivity contribution >= 4 is 22.6 Å². The number of carbonyl (C=O) groups excluding carboxylic acids is 2. The molecule has 0 spiro atoms. The van der Waals surface area contributed by atoms with E-state index in [1.54, 1.807) is 0 Å². The predicted octanol–water partition coefficient (Wildman–Crippen LogP) is 2.56. The Balaban J connectivity index is 1.67. The van der Waals surface area contributed by atoms with E-state index in [1.807, 2.05) is 65.6 Å². The second kappa shape index (κ2) is 9.11. The number of carbonyl (C=O) groups is 2. The Morgan fingerprint density at radius 1 is 1.06 bits per heavy atom. The highest BCUT2D eigenvalue weighted by Gasteiger charge is 2.31. The van der Waals surface area contributed by atoms with E-state index in [0.29, 0.717) is 25.1 Å². The van der Waals surface area contributed by atoms with E-state index in [0.717, 1.165) is 16.3 Å². The van der Waals surface area contributed by atoms with E-state index in [2.05, 4.69) is 10.8 Å². The van der Waals surface area contributed by atoms with E-state index >= 15 is 0 Å². The van der Waals surface area contributed by atoms with Gasteiger partial charge in [0, 0.05) is 18.3 Å². The minimum atomic E-state index is -0.655. The first-order valence-electron chi connectivity index (χ1n) is 10.4. The predicted molar refractivity (Wildman–Crippen MR) is 123 cm³/mol. The highest BCUT2D eigenvalue weighted by Crippen LogP contribution is 2.28. The quantitative estimate of drug-likeness (QED) is 0.279. The molecular weight excluding hydrogens is 404 g/mol. The second-order valence-corrected chi connectivity index (χ2v) is 7.86. The monoisotopic (exact) mass is 430 g/mol. The molecule has 32 heavy (non-hydrogen) atoms. The number of hydrogen-bond donors (Lipinski definition) is 2. The summed E-state index contributed by atoms with van der Waals surface area (Å²) < 4.78 is 4.63. The summed E-state index contributed by atoms with van der Waals surface area (Å²) in [4.78, 5) is 27.2. The maximum atomic E-state index is 13.7. The summed E-state index contributed by atoms with van der Waals surface area (Å²) in [7, 11) is 1.26. The molecule has 0 aromatic heterocycles. The summed E-state index contributed by atoms with van der Waals surface area (Å²) in [5.41, 5.74) is 8.59. The van der Waals surface area contributed by atoms with Crippen LogP contribution < -0.4 is 11.6 Å². The van der Waals surface area contributed by atoms with E-state index in [1.165, 1.54) is 23.9 Å². The van der Waals surface area contributed by atoms with Crippen molar-refractivity contribution in [3.63, 3.8) is 0 Å². The lowest BCUT2D eigenvalue weighted by atomic mass is 9.92. The number of methoxy groups -OCH3 is 1. The third kappa shape index (κ3) is 4.29. The number of amides is 1. The van der Waals surface area contributed by atoms with Gasteiger partial charge >= 0.3 is 5.97 Å². The third-order valence-electron chi connectivity index (χ3n) is 5.78. The lowest BCUT2D eigenvalue weighted by Crippen LogP contribution is -2.50. The molecule has 164 valence electrons. The highest BCUT2D eigenvalue weighted by atomic mass is 16.5. The van der Waals surface area contributed by atoms with Crippen molar-refractivity contribution in [1.29, 1.82) is 0 Å². The smallest absolute Gasteiger partial charge is 0.355 e. The first-order valence-corrected chi connectivity index (χ1v) is 10.4. The van der Waals surface area contributed by atoms with Crippen LogP contribution in [0.2, 0.25) is 0 Å². The summed E-state index contributed by atoms with van der Waals surface area (Å²) in [5, 5.41) is 3.27. The van der Waals surface area contributed by atoms with Crippen LogP contribution in [0.3, 0.4) is 0 Å². The molecule has 0 saturated heterocycles. The molecule has 0 unspecified atom stereocenters. The number of benzene rings is 3. The third-order valence-corrected chi connectivity index (χ3v) is 5.78. The molecule has 0 fully saturated rings. The molecule has 0 radical (unpaired) electrons. The van der Waals surface area contributed by atoms with Gasteiger partial charge in [-0.1, -0.05) is 60.7 Å². The molecule has 1 aliphatic heterocycles. The van der Waals surface area contributed by atoms with Gasteiger partial charge in [-0.15, -0.1) is 0 Å². The van der Waals surface area contributed by atoms with Crippen molar-refractivity contribution in [2.24, 2.45) is 11.6 Å². The lowest BCUT2D eigenvalue weighted by molar-refractivity contribution is -0.136. The van der Waals surface area contributed by atoms with Gasteiger partial charge in [-0.25, -0.2) is 10.6 Å². The van der Waals surface area contributed by atoms with Gasteiger partial charge in [0.05, 0.1) is 19.7 Å². The Bertz CT molecular complexity index is 1190. The Hall–Kier alpha value is -3.84. The summed E-state index contributed by atoms with van der Waals surface area (Å²) in [6.07, 6.45) is 1.99. The molecule has 0 bridgehead atoms. The fraction of sp³-hybridized carbons (Fsp3) is 0.200. The molecule has 0 aliphatic carbocycles. The molecular formula is C25H26N4O3. The van der Waals surface area contributed by atoms with Crippen LogP contribution in [0.1, 0.15) is 21.5 Å². The number of esters is 1. The normalized spacial score (nSPS) is 15.9. The molecule has 3 aromatic carbocycles. The lowest BCUT2D eigenvalue weighted by Gasteiger charge is -2.38. The summed E-state index contributed by atoms with van der Waals surface area (Å²) >= 11 is 0. The van der Waals surface area contributed by atoms with Gasteiger partial charge in [-0.3, -0.25) is 4.79 Å². The van der Waals surface area contributed by atoms with Crippen LogP contribution in [0.25, 0.3) is 10.8 Å². The van der Waals surface area contributed by atoms with Gasteiger partial charge in [-0.2, -0.15) is 0 Å². The van der Waals surface area contributed by atoms with Crippen LogP contribution in [-0.2, 0) is 22.5 Å². The van der Waals surface area contributed by atoms with Crippen LogP contribution in [0, 0.1) is 0 Å². The molecule has 1 atom stereocenters. The van der Waals surface area contributed by atoms with Gasteiger partial charge < -0.3 is 20.4 Å². The van der Waals surface area contributed by atoms with Gasteiger partial charge in [-0.05, 0) is 34.4 Å². The average Bonchev–Trinajstić information content (AvgIpc) is 2.82. The minimum absolute atomic E-state index is 0.0559. The molecule has 4 N–H and O–H groups in total. The molecule has 7 heteroatoms. The number of rotatable bonds is 5. The number of ether oxygens (including phenoxy) is 1. The molecule has 3 aromatic rings. The minimum Gasteiger partial charge on any atom is -0.464 e. The Kier molecular flexibility index (Phi) is 6.09. The van der Waals surface area contributed by atoms with E-state index in [9.17, 15) is 9.59 Å². The summed E-state index contributed by atoms with van der Waals surface area (Å²) in [5.74, 6) is 5.43. The number of fused-ring (bicyclic) bond motifs is 2. The zero-order chi connectivity index (χ0) is 22.7. The Morgan fingerprint density at radius 3 is 2.53 bits per heavy atom. The van der Waals surface area contributed by atoms with Crippen LogP contribution >= 0.6 is 0 Å². The summed E-state index contributed by atoms with van der Waals surface area (Å²) in [6, 6.07) is 21.5. The fourth-order valence-corrected chi connectivity index (χ4v) is 4.20. The number of hydrazine groups is 1. The van der Waals surface area contributed by atoms with Crippen LogP contribution in [-0.4, -0.2) is 41.5 Å². The second-order valence-electron chi connectivity index (χ2n) is 7.86. The van der Waals surface area contributed by atoms with E-state index in [-0.39, 0.29) is 17.6 Å². The molecule has 1 amide bonds. The van der Waals surface area contributed by atoms with Crippen LogP contribution in [0.5, 0.6) is 0 Å². The van der Waals surface area contributed by atoms with E-state index < -0.39 is 5.97 Å². The number of nitrogens with two attached hydrogens (primary N) is 2. The first kappa shape index (κ1) is 21.4. The highest BCUT2D eigenvalue weighted by molar-refractivity contribution is 6.07. The molecule has 1 heterocycles. The van der Waals surface area contributed by atoms with Crippen LogP contribution in [0.15, 0.2) is 78.6 Å². The topological polar surface area (TPSA) is 102 Å². The zero-order valence-corrected chi connectivity index (χ0v) is 17.9. The van der Waals surface area contributed by atoms with Crippen molar-refractivity contribution in [2.75, 3.05) is 13.7 Å². The Labute approximate surface area is 186 Å². The van der Waals surface area contributed by atoms with Gasteiger partial charge in [0.25, 0.3) is 5.91 Å². The molecule has 1 aliphatic rings. The molecule has 0 saturated carbocycles. The maximum absolute atomic E-state index is 13.7. The molecule has 7 nitrogen and oxygen atoms in total. The summed E-state index contributed by atoms with van der Waals surface area (Å²) in [6.45, 7) is 0.787.